The van der Waals surface area contributed by atoms with Gasteiger partial charge in [-0.15, -0.1) is 11.3 Å². The highest BCUT2D eigenvalue weighted by molar-refractivity contribution is 7.89. The number of benzene rings is 2. The summed E-state index contributed by atoms with van der Waals surface area (Å²) in [4.78, 5) is 19.6. The average Bonchev–Trinajstić information content (AvgIpc) is 3.16. The van der Waals surface area contributed by atoms with Gasteiger partial charge in [-0.05, 0) is 43.2 Å². The van der Waals surface area contributed by atoms with Crippen LogP contribution in [-0.4, -0.2) is 44.4 Å². The smallest absolute Gasteiger partial charge is 0.257 e. The van der Waals surface area contributed by atoms with Gasteiger partial charge in [0.25, 0.3) is 5.91 Å². The summed E-state index contributed by atoms with van der Waals surface area (Å²) < 4.78 is 29.8. The second kappa shape index (κ2) is 7.74. The summed E-state index contributed by atoms with van der Waals surface area (Å²) in [5.74, 6) is 0.209. The molecule has 0 saturated carbocycles. The fourth-order valence-corrected chi connectivity index (χ4v) is 5.26. The van der Waals surface area contributed by atoms with E-state index in [1.165, 1.54) is 25.3 Å². The molecule has 2 N–H and O–H groups in total. The maximum atomic E-state index is 13.2. The molecule has 1 saturated heterocycles. The van der Waals surface area contributed by atoms with Gasteiger partial charge >= 0.3 is 0 Å². The number of nitrogens with two attached hydrogens (primary N) is 1. The molecule has 152 valence electrons. The number of hydrogen-bond donors (Lipinski definition) is 1. The molecule has 2 aromatic carbocycles. The molecule has 1 fully saturated rings. The van der Waals surface area contributed by atoms with Crippen LogP contribution in [0, 0.1) is 0 Å². The van der Waals surface area contributed by atoms with E-state index in [9.17, 15) is 13.2 Å². The summed E-state index contributed by atoms with van der Waals surface area (Å²) in [5.41, 5.74) is 1.17. The summed E-state index contributed by atoms with van der Waals surface area (Å²) in [5, 5.41) is 6.25. The minimum absolute atomic E-state index is 0.110. The lowest BCUT2D eigenvalue weighted by molar-refractivity contribution is 0.0703. The molecule has 1 aromatic heterocycles. The van der Waals surface area contributed by atoms with E-state index < -0.39 is 10.0 Å². The first kappa shape index (κ1) is 19.8. The standard InChI is InChI=1S/C20H21N3O4S2/c1-27-17-9-8-14(29(21,25)26)11-15(17)20(24)23-10-4-5-13(12-23)19-22-16-6-2-3-7-18(16)28-19/h2-3,6-9,11,13H,4-5,10,12H2,1H3,(H2,21,25,26). The molecule has 2 heterocycles. The minimum Gasteiger partial charge on any atom is -0.496 e. The molecule has 9 heteroatoms. The molecule has 1 aliphatic rings. The highest BCUT2D eigenvalue weighted by atomic mass is 32.2. The number of carbonyl (C=O) groups excluding carboxylic acids is 1. The lowest BCUT2D eigenvalue weighted by Crippen LogP contribution is -2.39. The Kier molecular flexibility index (Phi) is 5.28. The molecule has 0 aliphatic carbocycles. The molecule has 3 aromatic rings. The third-order valence-corrected chi connectivity index (χ3v) is 7.21. The monoisotopic (exact) mass is 431 g/mol. The van der Waals surface area contributed by atoms with E-state index in [0.717, 1.165) is 28.1 Å². The predicted molar refractivity (Wildman–Crippen MR) is 112 cm³/mol. The first-order valence-corrected chi connectivity index (χ1v) is 11.6. The fourth-order valence-electron chi connectivity index (χ4n) is 3.63. The number of rotatable bonds is 4. The number of thiazole rings is 1. The Balaban J connectivity index is 1.62. The predicted octanol–water partition coefficient (Wildman–Crippen LogP) is 2.97. The highest BCUT2D eigenvalue weighted by Crippen LogP contribution is 2.34. The molecular weight excluding hydrogens is 410 g/mol. The average molecular weight is 432 g/mol. The maximum absolute atomic E-state index is 13.2. The van der Waals surface area contributed by atoms with Crippen LogP contribution >= 0.6 is 11.3 Å². The fraction of sp³-hybridized carbons (Fsp3) is 0.300. The summed E-state index contributed by atoms with van der Waals surface area (Å²) in [6.45, 7) is 1.13. The molecular formula is C20H21N3O4S2. The number of primary sulfonamides is 1. The van der Waals surface area contributed by atoms with E-state index in [0.29, 0.717) is 18.8 Å². The van der Waals surface area contributed by atoms with Crippen molar-refractivity contribution in [3.8, 4) is 5.75 Å². The number of carbonyl (C=O) groups is 1. The van der Waals surface area contributed by atoms with Crippen molar-refractivity contribution < 1.29 is 17.9 Å². The van der Waals surface area contributed by atoms with Crippen LogP contribution in [0.25, 0.3) is 10.2 Å². The first-order chi connectivity index (χ1) is 13.9. The molecule has 1 unspecified atom stereocenters. The van der Waals surface area contributed by atoms with E-state index >= 15 is 0 Å². The van der Waals surface area contributed by atoms with E-state index in [1.807, 2.05) is 24.3 Å². The van der Waals surface area contributed by atoms with Crippen molar-refractivity contribution in [2.24, 2.45) is 5.14 Å². The highest BCUT2D eigenvalue weighted by Gasteiger charge is 2.29. The van der Waals surface area contributed by atoms with Gasteiger partial charge in [0.05, 0.1) is 32.8 Å². The van der Waals surface area contributed by atoms with Crippen molar-refractivity contribution in [3.05, 3.63) is 53.0 Å². The number of aromatic nitrogens is 1. The molecule has 1 atom stereocenters. The van der Waals surface area contributed by atoms with Crippen LogP contribution in [0.1, 0.15) is 34.1 Å². The van der Waals surface area contributed by atoms with E-state index in [2.05, 4.69) is 0 Å². The minimum atomic E-state index is -3.92. The van der Waals surface area contributed by atoms with E-state index in [-0.39, 0.29) is 22.3 Å². The van der Waals surface area contributed by atoms with Crippen LogP contribution in [0.15, 0.2) is 47.4 Å². The lowest BCUT2D eigenvalue weighted by atomic mass is 9.98. The topological polar surface area (TPSA) is 103 Å². The van der Waals surface area contributed by atoms with Crippen molar-refractivity contribution in [2.45, 2.75) is 23.7 Å². The van der Waals surface area contributed by atoms with Gasteiger partial charge < -0.3 is 9.64 Å². The largest absolute Gasteiger partial charge is 0.496 e. The normalized spacial score (nSPS) is 17.4. The number of ether oxygens (including phenoxy) is 1. The molecule has 0 bridgehead atoms. The lowest BCUT2D eigenvalue weighted by Gasteiger charge is -2.32. The van der Waals surface area contributed by atoms with Gasteiger partial charge in [-0.3, -0.25) is 4.79 Å². The van der Waals surface area contributed by atoms with Gasteiger partial charge in [-0.2, -0.15) is 0 Å². The molecule has 4 rings (SSSR count). The Labute approximate surface area is 173 Å². The molecule has 1 amide bonds. The summed E-state index contributed by atoms with van der Waals surface area (Å²) >= 11 is 1.66. The van der Waals surface area contributed by atoms with E-state index in [4.69, 9.17) is 14.9 Å². The van der Waals surface area contributed by atoms with Crippen molar-refractivity contribution in [3.63, 3.8) is 0 Å². The quantitative estimate of drug-likeness (QED) is 0.684. The summed E-state index contributed by atoms with van der Waals surface area (Å²) in [7, 11) is -2.47. The molecule has 0 radical (unpaired) electrons. The zero-order valence-corrected chi connectivity index (χ0v) is 17.5. The first-order valence-electron chi connectivity index (χ1n) is 9.22. The molecule has 29 heavy (non-hydrogen) atoms. The molecule has 1 aliphatic heterocycles. The third-order valence-electron chi connectivity index (χ3n) is 5.10. The number of sulfonamides is 1. The third kappa shape index (κ3) is 3.98. The number of likely N-dealkylation sites (tertiary alicyclic amines) is 1. The second-order valence-electron chi connectivity index (χ2n) is 7.02. The maximum Gasteiger partial charge on any atom is 0.257 e. The van der Waals surface area contributed by atoms with Crippen LogP contribution < -0.4 is 9.88 Å². The van der Waals surface area contributed by atoms with Crippen molar-refractivity contribution in [1.29, 1.82) is 0 Å². The second-order valence-corrected chi connectivity index (χ2v) is 9.64. The number of hydrogen-bond acceptors (Lipinski definition) is 6. The van der Waals surface area contributed by atoms with Crippen LogP contribution in [0.2, 0.25) is 0 Å². The number of nitrogens with zero attached hydrogens (tertiary/aromatic N) is 2. The number of para-hydroxylation sites is 1. The van der Waals surface area contributed by atoms with Crippen LogP contribution in [0.3, 0.4) is 0 Å². The van der Waals surface area contributed by atoms with Gasteiger partial charge in [0, 0.05) is 19.0 Å². The van der Waals surface area contributed by atoms with Gasteiger partial charge in [0.15, 0.2) is 0 Å². The Bertz CT molecular complexity index is 1140. The Morgan fingerprint density at radius 3 is 2.79 bits per heavy atom. The SMILES string of the molecule is COc1ccc(S(N)(=O)=O)cc1C(=O)N1CCCC(c2nc3ccccc3s2)C1. The number of piperidine rings is 1. The zero-order valence-electron chi connectivity index (χ0n) is 15.9. The van der Waals surface area contributed by atoms with Gasteiger partial charge in [-0.25, -0.2) is 18.5 Å². The van der Waals surface area contributed by atoms with Crippen molar-refractivity contribution >= 4 is 37.5 Å². The van der Waals surface area contributed by atoms with E-state index in [1.54, 1.807) is 16.2 Å². The Morgan fingerprint density at radius 1 is 1.28 bits per heavy atom. The molecule has 0 spiro atoms. The number of amides is 1. The number of fused-ring (bicyclic) bond motifs is 1. The Hall–Kier alpha value is -2.49. The van der Waals surface area contributed by atoms with Crippen LogP contribution in [-0.2, 0) is 10.0 Å². The van der Waals surface area contributed by atoms with Gasteiger partial charge in [0.2, 0.25) is 10.0 Å². The summed E-state index contributed by atoms with van der Waals surface area (Å²) in [6.07, 6.45) is 1.81. The number of methoxy groups -OCH3 is 1. The van der Waals surface area contributed by atoms with Crippen LogP contribution in [0.5, 0.6) is 5.75 Å². The zero-order chi connectivity index (χ0) is 20.6. The van der Waals surface area contributed by atoms with Crippen LogP contribution in [0.4, 0.5) is 0 Å². The van der Waals surface area contributed by atoms with Gasteiger partial charge in [0.1, 0.15) is 5.75 Å². The molecule has 7 nitrogen and oxygen atoms in total. The van der Waals surface area contributed by atoms with Crippen molar-refractivity contribution in [2.75, 3.05) is 20.2 Å². The Morgan fingerprint density at radius 2 is 2.07 bits per heavy atom. The van der Waals surface area contributed by atoms with Crippen molar-refractivity contribution in [1.82, 2.24) is 9.88 Å². The summed E-state index contributed by atoms with van der Waals surface area (Å²) in [6, 6.07) is 12.1. The van der Waals surface area contributed by atoms with Gasteiger partial charge in [-0.1, -0.05) is 12.1 Å².